The third-order valence-corrected chi connectivity index (χ3v) is 8.90. The molecule has 1 saturated heterocycles. The lowest BCUT2D eigenvalue weighted by Gasteiger charge is -2.36. The fourth-order valence-electron chi connectivity index (χ4n) is 4.33. The summed E-state index contributed by atoms with van der Waals surface area (Å²) in [6.07, 6.45) is -0.280. The third-order valence-electron chi connectivity index (χ3n) is 6.50. The molecule has 1 aliphatic rings. The molecule has 8 nitrogen and oxygen atoms in total. The van der Waals surface area contributed by atoms with Gasteiger partial charge in [0.1, 0.15) is 10.6 Å². The van der Waals surface area contributed by atoms with Crippen LogP contribution in [-0.4, -0.2) is 70.5 Å². The van der Waals surface area contributed by atoms with Crippen LogP contribution in [0.15, 0.2) is 77.7 Å². The van der Waals surface area contributed by atoms with E-state index in [1.165, 1.54) is 17.5 Å². The fraction of sp³-hybridized carbons (Fsp3) is 0.321. The largest absolute Gasteiger partial charge is 0.497 e. The number of esters is 1. The molecule has 0 amide bonds. The maximum absolute atomic E-state index is 13.1. The van der Waals surface area contributed by atoms with Crippen LogP contribution in [0.3, 0.4) is 0 Å². The molecule has 202 valence electrons. The Kier molecular flexibility index (Phi) is 9.40. The van der Waals surface area contributed by atoms with Gasteiger partial charge in [0.2, 0.25) is 10.0 Å². The van der Waals surface area contributed by atoms with Gasteiger partial charge in [0.05, 0.1) is 37.5 Å². The second-order valence-electron chi connectivity index (χ2n) is 8.90. The van der Waals surface area contributed by atoms with Crippen molar-refractivity contribution in [3.8, 4) is 5.75 Å². The summed E-state index contributed by atoms with van der Waals surface area (Å²) < 4.78 is 44.3. The lowest BCUT2D eigenvalue weighted by atomic mass is 10.1. The van der Waals surface area contributed by atoms with Gasteiger partial charge in [0.15, 0.2) is 0 Å². The highest BCUT2D eigenvalue weighted by molar-refractivity contribution is 7.89. The minimum Gasteiger partial charge on any atom is -0.497 e. The van der Waals surface area contributed by atoms with Crippen molar-refractivity contribution in [1.82, 2.24) is 9.21 Å². The molecule has 3 aromatic rings. The highest BCUT2D eigenvalue weighted by atomic mass is 35.5. The van der Waals surface area contributed by atoms with Crippen molar-refractivity contribution < 1.29 is 27.4 Å². The monoisotopic (exact) mass is 558 g/mol. The number of carbonyl (C=O) groups excluding carboxylic acids is 1. The van der Waals surface area contributed by atoms with Crippen LogP contribution in [0.4, 0.5) is 0 Å². The Balaban J connectivity index is 1.44. The molecule has 10 heteroatoms. The van der Waals surface area contributed by atoms with E-state index < -0.39 is 10.0 Å². The van der Waals surface area contributed by atoms with E-state index in [0.29, 0.717) is 44.9 Å². The minimum absolute atomic E-state index is 0.130. The van der Waals surface area contributed by atoms with Crippen molar-refractivity contribution in [1.29, 1.82) is 0 Å². The standard InChI is InChI=1S/C28H31ClN2O6S/c1-35-24-7-5-6-23(18-24)26(37-20-21-10-12-22(13-11-21)28(32)36-2)19-30-14-16-31(17-15-30)38(33,34)27-9-4-3-8-25(27)29/h3-13,18,26H,14-17,19-20H2,1-2H3. The quantitative estimate of drug-likeness (QED) is 0.341. The summed E-state index contributed by atoms with van der Waals surface area (Å²) in [5, 5.41) is 0.223. The van der Waals surface area contributed by atoms with E-state index in [1.54, 1.807) is 37.4 Å². The van der Waals surface area contributed by atoms with Gasteiger partial charge < -0.3 is 14.2 Å². The molecule has 4 rings (SSSR count). The van der Waals surface area contributed by atoms with Crippen LogP contribution in [0.2, 0.25) is 5.02 Å². The molecule has 0 aliphatic carbocycles. The highest BCUT2D eigenvalue weighted by Crippen LogP contribution is 2.27. The molecular weight excluding hydrogens is 528 g/mol. The number of hydrogen-bond acceptors (Lipinski definition) is 7. The number of carbonyl (C=O) groups is 1. The summed E-state index contributed by atoms with van der Waals surface area (Å²) in [5.41, 5.74) is 2.35. The molecule has 0 spiro atoms. The summed E-state index contributed by atoms with van der Waals surface area (Å²) in [6.45, 7) is 2.74. The SMILES string of the molecule is COC(=O)c1ccc(COC(CN2CCN(S(=O)(=O)c3ccccc3Cl)CC2)c2cccc(OC)c2)cc1. The van der Waals surface area contributed by atoms with Crippen LogP contribution in [0, 0.1) is 0 Å². The molecule has 0 saturated carbocycles. The van der Waals surface area contributed by atoms with Crippen molar-refractivity contribution in [2.24, 2.45) is 0 Å². The number of halogens is 1. The second-order valence-corrected chi connectivity index (χ2v) is 11.2. The third kappa shape index (κ3) is 6.73. The lowest BCUT2D eigenvalue weighted by molar-refractivity contribution is 0.00761. The maximum atomic E-state index is 13.1. The van der Waals surface area contributed by atoms with Crippen molar-refractivity contribution in [2.45, 2.75) is 17.6 Å². The lowest BCUT2D eigenvalue weighted by Crippen LogP contribution is -2.49. The van der Waals surface area contributed by atoms with E-state index in [9.17, 15) is 13.2 Å². The maximum Gasteiger partial charge on any atom is 0.337 e. The van der Waals surface area contributed by atoms with Gasteiger partial charge >= 0.3 is 5.97 Å². The van der Waals surface area contributed by atoms with Gasteiger partial charge in [0.25, 0.3) is 0 Å². The van der Waals surface area contributed by atoms with Gasteiger partial charge in [-0.15, -0.1) is 0 Å². The molecule has 1 fully saturated rings. The van der Waals surface area contributed by atoms with Crippen LogP contribution in [0.25, 0.3) is 0 Å². The number of benzene rings is 3. The summed E-state index contributed by atoms with van der Waals surface area (Å²) in [7, 11) is -0.697. The Labute approximate surface area is 228 Å². The van der Waals surface area contributed by atoms with E-state index in [-0.39, 0.29) is 22.0 Å². The van der Waals surface area contributed by atoms with Crippen LogP contribution in [-0.2, 0) is 26.1 Å². The molecule has 0 bridgehead atoms. The van der Waals surface area contributed by atoms with Gasteiger partial charge in [-0.1, -0.05) is 48.0 Å². The van der Waals surface area contributed by atoms with E-state index in [2.05, 4.69) is 4.90 Å². The number of hydrogen-bond donors (Lipinski definition) is 0. The Morgan fingerprint density at radius 3 is 2.32 bits per heavy atom. The Bertz CT molecular complexity index is 1340. The summed E-state index contributed by atoms with van der Waals surface area (Å²) >= 11 is 6.17. The number of sulfonamides is 1. The zero-order valence-corrected chi connectivity index (χ0v) is 23.0. The van der Waals surface area contributed by atoms with Crippen LogP contribution >= 0.6 is 11.6 Å². The molecule has 1 aliphatic heterocycles. The second kappa shape index (κ2) is 12.7. The molecule has 1 atom stereocenters. The van der Waals surface area contributed by atoms with Crippen LogP contribution in [0.1, 0.15) is 27.6 Å². The molecule has 38 heavy (non-hydrogen) atoms. The summed E-state index contributed by atoms with van der Waals surface area (Å²) in [4.78, 5) is 14.0. The topological polar surface area (TPSA) is 85.4 Å². The van der Waals surface area contributed by atoms with Gasteiger partial charge in [-0.25, -0.2) is 13.2 Å². The molecular formula is C28H31ClN2O6S. The van der Waals surface area contributed by atoms with Gasteiger partial charge in [0, 0.05) is 32.7 Å². The first-order valence-electron chi connectivity index (χ1n) is 12.2. The van der Waals surface area contributed by atoms with Crippen LogP contribution < -0.4 is 4.74 Å². The predicted molar refractivity (Wildman–Crippen MR) is 145 cm³/mol. The Morgan fingerprint density at radius 2 is 1.66 bits per heavy atom. The number of nitrogens with zero attached hydrogens (tertiary/aromatic N) is 2. The summed E-state index contributed by atoms with van der Waals surface area (Å²) in [6, 6.07) is 21.4. The minimum atomic E-state index is -3.67. The molecule has 0 radical (unpaired) electrons. The first-order chi connectivity index (χ1) is 18.3. The first-order valence-corrected chi connectivity index (χ1v) is 14.0. The normalized spacial score (nSPS) is 15.7. The molecule has 3 aromatic carbocycles. The van der Waals surface area contributed by atoms with Crippen molar-refractivity contribution >= 4 is 27.6 Å². The van der Waals surface area contributed by atoms with E-state index in [4.69, 9.17) is 25.8 Å². The average molecular weight is 559 g/mol. The number of piperazine rings is 1. The summed E-state index contributed by atoms with van der Waals surface area (Å²) in [5.74, 6) is 0.344. The number of rotatable bonds is 10. The molecule has 1 heterocycles. The number of ether oxygens (including phenoxy) is 3. The van der Waals surface area contributed by atoms with E-state index in [0.717, 1.165) is 16.9 Å². The van der Waals surface area contributed by atoms with Gasteiger partial charge in [-0.3, -0.25) is 4.90 Å². The Hall–Kier alpha value is -2.95. The predicted octanol–water partition coefficient (Wildman–Crippen LogP) is 4.40. The molecule has 0 aromatic heterocycles. The van der Waals surface area contributed by atoms with Gasteiger partial charge in [-0.2, -0.15) is 4.31 Å². The van der Waals surface area contributed by atoms with E-state index >= 15 is 0 Å². The van der Waals surface area contributed by atoms with Crippen LogP contribution in [0.5, 0.6) is 5.75 Å². The van der Waals surface area contributed by atoms with Crippen molar-refractivity contribution in [3.05, 3.63) is 94.5 Å². The number of methoxy groups -OCH3 is 2. The van der Waals surface area contributed by atoms with Crippen molar-refractivity contribution in [2.75, 3.05) is 46.9 Å². The Morgan fingerprint density at radius 1 is 0.947 bits per heavy atom. The average Bonchev–Trinajstić information content (AvgIpc) is 2.95. The molecule has 0 N–H and O–H groups in total. The van der Waals surface area contributed by atoms with Gasteiger partial charge in [-0.05, 0) is 47.5 Å². The smallest absolute Gasteiger partial charge is 0.337 e. The fourth-order valence-corrected chi connectivity index (χ4v) is 6.24. The highest BCUT2D eigenvalue weighted by Gasteiger charge is 2.31. The van der Waals surface area contributed by atoms with Crippen molar-refractivity contribution in [3.63, 3.8) is 0 Å². The molecule has 1 unspecified atom stereocenters. The van der Waals surface area contributed by atoms with E-state index in [1.807, 2.05) is 36.4 Å². The first kappa shape index (κ1) is 28.1. The zero-order valence-electron chi connectivity index (χ0n) is 21.4. The zero-order chi connectivity index (χ0) is 27.1.